The van der Waals surface area contributed by atoms with Crippen molar-refractivity contribution in [3.8, 4) is 28.7 Å². The Hall–Kier alpha value is -2.44. The molecule has 0 bridgehead atoms. The molecule has 1 aliphatic rings. The lowest BCUT2D eigenvalue weighted by molar-refractivity contribution is -0.0442. The highest BCUT2D eigenvalue weighted by atomic mass is 35.5. The van der Waals surface area contributed by atoms with E-state index in [0.717, 1.165) is 11.1 Å². The first kappa shape index (κ1) is 16.1. The molecule has 1 aromatic carbocycles. The summed E-state index contributed by atoms with van der Waals surface area (Å²) in [7, 11) is 0. The standard InChI is InChI=1S/C18H16ClN3O3/c1-18(2)14(23)8-11-6-12(9-20-16(11)24-18)17-21-15(22-25-17)10-4-3-5-13(19)7-10/h3-7,9,14,23H,8H2,1-2H3/t14-/m0/s1. The Balaban J connectivity index is 1.67. The van der Waals surface area contributed by atoms with Crippen molar-refractivity contribution in [1.29, 1.82) is 0 Å². The molecule has 0 fully saturated rings. The van der Waals surface area contributed by atoms with Gasteiger partial charge in [0.05, 0.1) is 11.7 Å². The predicted octanol–water partition coefficient (Wildman–Crippen LogP) is 3.53. The summed E-state index contributed by atoms with van der Waals surface area (Å²) < 4.78 is 11.1. The highest BCUT2D eigenvalue weighted by Crippen LogP contribution is 2.34. The molecule has 0 amide bonds. The summed E-state index contributed by atoms with van der Waals surface area (Å²) in [5.41, 5.74) is 1.60. The zero-order chi connectivity index (χ0) is 17.6. The molecular formula is C18H16ClN3O3. The first-order valence-electron chi connectivity index (χ1n) is 7.88. The number of aliphatic hydroxyl groups excluding tert-OH is 1. The van der Waals surface area contributed by atoms with E-state index in [2.05, 4.69) is 15.1 Å². The Morgan fingerprint density at radius 1 is 1.24 bits per heavy atom. The van der Waals surface area contributed by atoms with Gasteiger partial charge < -0.3 is 14.4 Å². The van der Waals surface area contributed by atoms with E-state index < -0.39 is 11.7 Å². The normalized spacial score (nSPS) is 18.5. The van der Waals surface area contributed by atoms with Crippen LogP contribution < -0.4 is 4.74 Å². The maximum absolute atomic E-state index is 10.2. The quantitative estimate of drug-likeness (QED) is 0.755. The first-order valence-corrected chi connectivity index (χ1v) is 8.26. The molecule has 3 aromatic rings. The number of halogens is 1. The van der Waals surface area contributed by atoms with E-state index in [0.29, 0.717) is 34.6 Å². The molecule has 0 saturated heterocycles. The van der Waals surface area contributed by atoms with E-state index in [9.17, 15) is 5.11 Å². The minimum absolute atomic E-state index is 0.351. The van der Waals surface area contributed by atoms with Gasteiger partial charge in [0.25, 0.3) is 5.89 Å². The summed E-state index contributed by atoms with van der Waals surface area (Å²) in [5, 5.41) is 14.8. The highest BCUT2D eigenvalue weighted by Gasteiger charge is 2.36. The van der Waals surface area contributed by atoms with Crippen LogP contribution in [0, 0.1) is 0 Å². The van der Waals surface area contributed by atoms with Crippen LogP contribution in [0.15, 0.2) is 41.1 Å². The Morgan fingerprint density at radius 2 is 2.08 bits per heavy atom. The van der Waals surface area contributed by atoms with Crippen molar-refractivity contribution < 1.29 is 14.4 Å². The Labute approximate surface area is 149 Å². The number of aliphatic hydroxyl groups is 1. The fraction of sp³-hybridized carbons (Fsp3) is 0.278. The molecular weight excluding hydrogens is 342 g/mol. The summed E-state index contributed by atoms with van der Waals surface area (Å²) in [6, 6.07) is 9.10. The monoisotopic (exact) mass is 357 g/mol. The van der Waals surface area contributed by atoms with Crippen molar-refractivity contribution in [2.24, 2.45) is 0 Å². The molecule has 0 aliphatic carbocycles. The number of aromatic nitrogens is 3. The summed E-state index contributed by atoms with van der Waals surface area (Å²) >= 11 is 6.00. The van der Waals surface area contributed by atoms with Gasteiger partial charge in [-0.05, 0) is 32.0 Å². The van der Waals surface area contributed by atoms with Gasteiger partial charge in [-0.3, -0.25) is 0 Å². The second-order valence-electron chi connectivity index (χ2n) is 6.55. The SMILES string of the molecule is CC1(C)Oc2ncc(-c3nc(-c4cccc(Cl)c4)no3)cc2C[C@@H]1O. The molecule has 1 atom stereocenters. The highest BCUT2D eigenvalue weighted by molar-refractivity contribution is 6.30. The van der Waals surface area contributed by atoms with Gasteiger partial charge in [-0.15, -0.1) is 0 Å². The summed E-state index contributed by atoms with van der Waals surface area (Å²) in [5.74, 6) is 1.32. The largest absolute Gasteiger partial charge is 0.469 e. The van der Waals surface area contributed by atoms with Gasteiger partial charge in [0.2, 0.25) is 11.7 Å². The average Bonchev–Trinajstić information content (AvgIpc) is 3.05. The van der Waals surface area contributed by atoms with Crippen molar-refractivity contribution in [3.63, 3.8) is 0 Å². The number of pyridine rings is 1. The Morgan fingerprint density at radius 3 is 2.88 bits per heavy atom. The van der Waals surface area contributed by atoms with E-state index in [4.69, 9.17) is 20.9 Å². The van der Waals surface area contributed by atoms with Crippen LogP contribution in [0.3, 0.4) is 0 Å². The smallest absolute Gasteiger partial charge is 0.259 e. The number of hydrogen-bond acceptors (Lipinski definition) is 6. The van der Waals surface area contributed by atoms with E-state index in [1.165, 1.54) is 0 Å². The Bertz CT molecular complexity index is 939. The summed E-state index contributed by atoms with van der Waals surface area (Å²) in [6.07, 6.45) is 1.47. The van der Waals surface area contributed by atoms with Gasteiger partial charge in [0, 0.05) is 28.8 Å². The number of hydrogen-bond donors (Lipinski definition) is 1. The fourth-order valence-corrected chi connectivity index (χ4v) is 2.90. The van der Waals surface area contributed by atoms with Crippen LogP contribution >= 0.6 is 11.6 Å². The first-order chi connectivity index (χ1) is 11.9. The van der Waals surface area contributed by atoms with Crippen molar-refractivity contribution in [2.75, 3.05) is 0 Å². The maximum atomic E-state index is 10.2. The molecule has 6 nitrogen and oxygen atoms in total. The third-order valence-electron chi connectivity index (χ3n) is 4.26. The topological polar surface area (TPSA) is 81.3 Å². The van der Waals surface area contributed by atoms with Crippen LogP contribution in [0.2, 0.25) is 5.02 Å². The lowest BCUT2D eigenvalue weighted by atomic mass is 9.92. The number of fused-ring (bicyclic) bond motifs is 1. The summed E-state index contributed by atoms with van der Waals surface area (Å²) in [4.78, 5) is 8.75. The van der Waals surface area contributed by atoms with Crippen molar-refractivity contribution in [3.05, 3.63) is 47.1 Å². The molecule has 1 aliphatic heterocycles. The third-order valence-corrected chi connectivity index (χ3v) is 4.49. The van der Waals surface area contributed by atoms with Gasteiger partial charge in [-0.2, -0.15) is 4.98 Å². The minimum atomic E-state index is -0.661. The molecule has 2 aromatic heterocycles. The lowest BCUT2D eigenvalue weighted by Gasteiger charge is -2.36. The lowest BCUT2D eigenvalue weighted by Crippen LogP contribution is -2.46. The van der Waals surface area contributed by atoms with Crippen LogP contribution in [0.5, 0.6) is 5.88 Å². The van der Waals surface area contributed by atoms with Crippen LogP contribution in [0.4, 0.5) is 0 Å². The van der Waals surface area contributed by atoms with Crippen molar-refractivity contribution in [2.45, 2.75) is 32.0 Å². The van der Waals surface area contributed by atoms with Crippen molar-refractivity contribution >= 4 is 11.6 Å². The number of ether oxygens (including phenoxy) is 1. The summed E-state index contributed by atoms with van der Waals surface area (Å²) in [6.45, 7) is 3.68. The molecule has 0 saturated carbocycles. The molecule has 1 N–H and O–H groups in total. The van der Waals surface area contributed by atoms with Crippen LogP contribution in [0.1, 0.15) is 19.4 Å². The number of rotatable bonds is 2. The van der Waals surface area contributed by atoms with Crippen LogP contribution in [0.25, 0.3) is 22.8 Å². The van der Waals surface area contributed by atoms with E-state index >= 15 is 0 Å². The van der Waals surface area contributed by atoms with Gasteiger partial charge in [0.1, 0.15) is 5.60 Å². The number of benzene rings is 1. The molecule has 128 valence electrons. The average molecular weight is 358 g/mol. The Kier molecular flexibility index (Phi) is 3.74. The van der Waals surface area contributed by atoms with Crippen LogP contribution in [-0.4, -0.2) is 31.9 Å². The molecule has 3 heterocycles. The van der Waals surface area contributed by atoms with Crippen molar-refractivity contribution in [1.82, 2.24) is 15.1 Å². The minimum Gasteiger partial charge on any atom is -0.469 e. The molecule has 0 radical (unpaired) electrons. The zero-order valence-corrected chi connectivity index (χ0v) is 14.5. The third kappa shape index (κ3) is 2.99. The van der Waals surface area contributed by atoms with Crippen LogP contribution in [-0.2, 0) is 6.42 Å². The number of nitrogens with zero attached hydrogens (tertiary/aromatic N) is 3. The fourth-order valence-electron chi connectivity index (χ4n) is 2.71. The second kappa shape index (κ2) is 5.82. The van der Waals surface area contributed by atoms with Gasteiger partial charge >= 0.3 is 0 Å². The maximum Gasteiger partial charge on any atom is 0.259 e. The van der Waals surface area contributed by atoms with Gasteiger partial charge in [-0.25, -0.2) is 4.98 Å². The molecule has 25 heavy (non-hydrogen) atoms. The predicted molar refractivity (Wildman–Crippen MR) is 92.4 cm³/mol. The van der Waals surface area contributed by atoms with E-state index in [-0.39, 0.29) is 0 Å². The molecule has 7 heteroatoms. The molecule has 0 spiro atoms. The van der Waals surface area contributed by atoms with Gasteiger partial charge in [-0.1, -0.05) is 28.9 Å². The molecule has 4 rings (SSSR count). The second-order valence-corrected chi connectivity index (χ2v) is 6.98. The van der Waals surface area contributed by atoms with Gasteiger partial charge in [0.15, 0.2) is 0 Å². The van der Waals surface area contributed by atoms with E-state index in [1.807, 2.05) is 32.0 Å². The molecule has 0 unspecified atom stereocenters. The zero-order valence-electron chi connectivity index (χ0n) is 13.7. The van der Waals surface area contributed by atoms with E-state index in [1.54, 1.807) is 18.3 Å².